The molecule has 4 aromatic rings. The predicted octanol–water partition coefficient (Wildman–Crippen LogP) is 6.96. The van der Waals surface area contributed by atoms with Crippen LogP contribution in [0, 0.1) is 11.3 Å². The van der Waals surface area contributed by atoms with E-state index in [1.54, 1.807) is 41.5 Å². The van der Waals surface area contributed by atoms with Gasteiger partial charge in [0, 0.05) is 34.0 Å². The highest BCUT2D eigenvalue weighted by molar-refractivity contribution is 8.00. The second kappa shape index (κ2) is 10.3. The van der Waals surface area contributed by atoms with Crippen molar-refractivity contribution in [2.45, 2.75) is 35.3 Å². The highest BCUT2D eigenvalue weighted by Crippen LogP contribution is 2.48. The Kier molecular flexibility index (Phi) is 6.70. The summed E-state index contributed by atoms with van der Waals surface area (Å²) in [6, 6.07) is 20.2. The number of carbonyl (C=O) groups excluding carboxylic acids is 1. The van der Waals surface area contributed by atoms with Gasteiger partial charge in [0.1, 0.15) is 11.6 Å². The molecule has 2 aliphatic rings. The zero-order valence-corrected chi connectivity index (χ0v) is 23.1. The van der Waals surface area contributed by atoms with Gasteiger partial charge in [0.15, 0.2) is 10.1 Å². The molecule has 6 nitrogen and oxygen atoms in total. The van der Waals surface area contributed by atoms with E-state index in [1.165, 1.54) is 4.70 Å². The van der Waals surface area contributed by atoms with Gasteiger partial charge in [-0.05, 0) is 66.2 Å². The van der Waals surface area contributed by atoms with E-state index in [2.05, 4.69) is 23.6 Å². The van der Waals surface area contributed by atoms with Crippen LogP contribution < -0.4 is 15.4 Å². The molecule has 0 saturated carbocycles. The molecule has 0 spiro atoms. The van der Waals surface area contributed by atoms with Crippen molar-refractivity contribution in [2.24, 2.45) is 5.73 Å². The molecule has 38 heavy (non-hydrogen) atoms. The Bertz CT molecular complexity index is 1610. The summed E-state index contributed by atoms with van der Waals surface area (Å²) in [5.41, 5.74) is 11.7. The van der Waals surface area contributed by atoms with Crippen LogP contribution in [-0.4, -0.2) is 17.9 Å². The molecule has 2 N–H and O–H groups in total. The molecular formula is C29H24N4O2S3. The molecule has 2 aromatic carbocycles. The van der Waals surface area contributed by atoms with Crippen LogP contribution in [0.2, 0.25) is 0 Å². The van der Waals surface area contributed by atoms with Crippen LogP contribution in [0.25, 0.3) is 10.2 Å². The number of benzene rings is 2. The van der Waals surface area contributed by atoms with Crippen LogP contribution in [0.15, 0.2) is 87.0 Å². The summed E-state index contributed by atoms with van der Waals surface area (Å²) >= 11 is 4.98. The number of hydrogen-bond donors (Lipinski definition) is 1. The maximum atomic E-state index is 13.4. The van der Waals surface area contributed by atoms with Gasteiger partial charge >= 0.3 is 0 Å². The Morgan fingerprint density at radius 3 is 2.79 bits per heavy atom. The number of thioether (sulfide) groups is 1. The second-order valence-corrected chi connectivity index (χ2v) is 12.3. The van der Waals surface area contributed by atoms with E-state index < -0.39 is 5.92 Å². The molecule has 0 bridgehead atoms. The smallest absolute Gasteiger partial charge is 0.161 e. The first kappa shape index (κ1) is 24.7. The van der Waals surface area contributed by atoms with Gasteiger partial charge < -0.3 is 10.5 Å². The van der Waals surface area contributed by atoms with Crippen molar-refractivity contribution in [3.63, 3.8) is 0 Å². The van der Waals surface area contributed by atoms with Crippen molar-refractivity contribution in [2.75, 3.05) is 12.0 Å². The number of rotatable bonds is 6. The zero-order valence-electron chi connectivity index (χ0n) is 20.6. The van der Waals surface area contributed by atoms with E-state index in [4.69, 9.17) is 15.5 Å². The number of carbonyl (C=O) groups is 1. The topological polar surface area (TPSA) is 92.2 Å². The molecule has 0 unspecified atom stereocenters. The number of nitriles is 1. The van der Waals surface area contributed by atoms with Crippen LogP contribution in [-0.2, 0) is 10.5 Å². The molecule has 9 heteroatoms. The van der Waals surface area contributed by atoms with Crippen molar-refractivity contribution in [1.82, 2.24) is 4.98 Å². The largest absolute Gasteiger partial charge is 0.497 e. The van der Waals surface area contributed by atoms with Crippen LogP contribution >= 0.6 is 34.4 Å². The number of ether oxygens (including phenoxy) is 1. The summed E-state index contributed by atoms with van der Waals surface area (Å²) in [6.07, 6.45) is 1.98. The first-order chi connectivity index (χ1) is 18.6. The number of nitrogens with zero attached hydrogens (tertiary/aromatic N) is 3. The van der Waals surface area contributed by atoms with Crippen LogP contribution in [0.5, 0.6) is 5.75 Å². The van der Waals surface area contributed by atoms with Gasteiger partial charge in [0.05, 0.1) is 34.9 Å². The number of methoxy groups -OCH3 is 1. The molecule has 0 radical (unpaired) electrons. The summed E-state index contributed by atoms with van der Waals surface area (Å²) in [5, 5.41) is 12.4. The van der Waals surface area contributed by atoms with Gasteiger partial charge in [-0.2, -0.15) is 5.26 Å². The zero-order chi connectivity index (χ0) is 26.2. The van der Waals surface area contributed by atoms with Crippen molar-refractivity contribution in [3.05, 3.63) is 93.1 Å². The number of allylic oxidation sites excluding steroid dienone is 3. The summed E-state index contributed by atoms with van der Waals surface area (Å²) in [6.45, 7) is 0. The number of Topliss-reactive ketones (excluding diaryl/α,β-unsaturated/α-hetero) is 1. The minimum Gasteiger partial charge on any atom is -0.497 e. The van der Waals surface area contributed by atoms with Gasteiger partial charge in [0.25, 0.3) is 0 Å². The predicted molar refractivity (Wildman–Crippen MR) is 154 cm³/mol. The average Bonchev–Trinajstić information content (AvgIpc) is 3.58. The molecule has 0 amide bonds. The van der Waals surface area contributed by atoms with Crippen LogP contribution in [0.1, 0.15) is 35.6 Å². The summed E-state index contributed by atoms with van der Waals surface area (Å²) < 4.78 is 7.51. The summed E-state index contributed by atoms with van der Waals surface area (Å²) in [7, 11) is 1.62. The third-order valence-electron chi connectivity index (χ3n) is 6.84. The van der Waals surface area contributed by atoms with E-state index in [-0.39, 0.29) is 5.78 Å². The number of nitrogens with two attached hydrogens (primary N) is 1. The Balaban J connectivity index is 1.34. The van der Waals surface area contributed by atoms with Gasteiger partial charge in [-0.3, -0.25) is 9.69 Å². The molecule has 1 atom stereocenters. The molecule has 0 fully saturated rings. The van der Waals surface area contributed by atoms with Crippen molar-refractivity contribution < 1.29 is 9.53 Å². The second-order valence-electron chi connectivity index (χ2n) is 9.11. The first-order valence-electron chi connectivity index (χ1n) is 12.2. The van der Waals surface area contributed by atoms with E-state index in [1.807, 2.05) is 47.4 Å². The number of aromatic nitrogens is 1. The summed E-state index contributed by atoms with van der Waals surface area (Å²) in [5.74, 6) is 1.53. The van der Waals surface area contributed by atoms with E-state index >= 15 is 0 Å². The number of thiazole rings is 1. The lowest BCUT2D eigenvalue weighted by molar-refractivity contribution is -0.116. The van der Waals surface area contributed by atoms with Crippen molar-refractivity contribution in [1.29, 1.82) is 5.26 Å². The minimum absolute atomic E-state index is 0.0915. The van der Waals surface area contributed by atoms with Crippen molar-refractivity contribution >= 4 is 56.1 Å². The lowest BCUT2D eigenvalue weighted by atomic mass is 9.78. The van der Waals surface area contributed by atoms with Crippen LogP contribution in [0.4, 0.5) is 5.69 Å². The molecule has 190 valence electrons. The van der Waals surface area contributed by atoms with E-state index in [0.717, 1.165) is 56.0 Å². The number of ketones is 1. The Morgan fingerprint density at radius 1 is 1.21 bits per heavy atom. The fourth-order valence-corrected chi connectivity index (χ4v) is 8.21. The molecule has 6 rings (SSSR count). The van der Waals surface area contributed by atoms with E-state index in [9.17, 15) is 10.1 Å². The Hall–Kier alpha value is -3.58. The maximum Gasteiger partial charge on any atom is 0.161 e. The third kappa shape index (κ3) is 4.39. The standard InChI is InChI=1S/C29H24N4O2S3/c1-35-19-11-9-18(10-12-19)33-22-6-4-7-23(34)27(22)26(20(14-30)28(33)31)25-13-17(15-36-25)16-37-29-32-21-5-2-3-8-24(21)38-29/h2-3,5,8-13,15,26H,4,6-7,16,31H2,1H3/t26-/m1/s1. The lowest BCUT2D eigenvalue weighted by Crippen LogP contribution is -2.38. The molecule has 0 saturated heterocycles. The van der Waals surface area contributed by atoms with Crippen LogP contribution in [0.3, 0.4) is 0 Å². The third-order valence-corrected chi connectivity index (χ3v) is 10.1. The SMILES string of the molecule is COc1ccc(N2C(N)=C(C#N)[C@H](c3cc(CSc4nc5ccccc5s4)cs3)C3=C2CCCC3=O)cc1. The monoisotopic (exact) mass is 556 g/mol. The normalized spacial score (nSPS) is 17.6. The average molecular weight is 557 g/mol. The molecule has 3 heterocycles. The fraction of sp³-hybridized carbons (Fsp3) is 0.207. The first-order valence-corrected chi connectivity index (χ1v) is 14.9. The number of anilines is 1. The quantitative estimate of drug-likeness (QED) is 0.257. The van der Waals surface area contributed by atoms with Gasteiger partial charge in [0.2, 0.25) is 0 Å². The fourth-order valence-electron chi connectivity index (χ4n) is 5.08. The number of fused-ring (bicyclic) bond motifs is 1. The highest BCUT2D eigenvalue weighted by Gasteiger charge is 2.40. The maximum absolute atomic E-state index is 13.4. The van der Waals surface area contributed by atoms with E-state index in [0.29, 0.717) is 23.4 Å². The molecule has 1 aliphatic carbocycles. The van der Waals surface area contributed by atoms with Crippen molar-refractivity contribution in [3.8, 4) is 11.8 Å². The summed E-state index contributed by atoms with van der Waals surface area (Å²) in [4.78, 5) is 21.0. The van der Waals surface area contributed by atoms with Gasteiger partial charge in [-0.25, -0.2) is 4.98 Å². The lowest BCUT2D eigenvalue weighted by Gasteiger charge is -2.39. The van der Waals surface area contributed by atoms with Gasteiger partial charge in [-0.15, -0.1) is 22.7 Å². The van der Waals surface area contributed by atoms with Gasteiger partial charge in [-0.1, -0.05) is 23.9 Å². The number of hydrogen-bond acceptors (Lipinski definition) is 9. The number of para-hydroxylation sites is 1. The highest BCUT2D eigenvalue weighted by atomic mass is 32.2. The Labute approximate surface area is 233 Å². The minimum atomic E-state index is -0.441. The number of thiophene rings is 1. The molecule has 2 aromatic heterocycles. The molecule has 1 aliphatic heterocycles. The molecular weight excluding hydrogens is 533 g/mol. The Morgan fingerprint density at radius 2 is 2.03 bits per heavy atom.